The lowest BCUT2D eigenvalue weighted by atomic mass is 10.4. The van der Waals surface area contributed by atoms with Crippen LogP contribution in [-0.4, -0.2) is 43.2 Å². The van der Waals surface area contributed by atoms with E-state index in [0.717, 1.165) is 43.6 Å². The van der Waals surface area contributed by atoms with E-state index in [1.807, 2.05) is 20.0 Å². The molecular formula is C12H21N5. The molecule has 0 atom stereocenters. The standard InChI is InChI=1S/C12H21N5/c1-10-15-11(14-6-5-13-2)9-12(16-10)17-7-3-4-8-17/h9,13H,3-8H2,1-2H3,(H,14,15,16). The van der Waals surface area contributed by atoms with Crippen LogP contribution in [0.3, 0.4) is 0 Å². The van der Waals surface area contributed by atoms with Gasteiger partial charge >= 0.3 is 0 Å². The lowest BCUT2D eigenvalue weighted by Gasteiger charge is -2.17. The number of rotatable bonds is 5. The van der Waals surface area contributed by atoms with Crippen LogP contribution in [0.2, 0.25) is 0 Å². The molecule has 1 aromatic heterocycles. The summed E-state index contributed by atoms with van der Waals surface area (Å²) in [7, 11) is 1.95. The first-order valence-electron chi connectivity index (χ1n) is 6.28. The normalized spacial score (nSPS) is 15.3. The minimum absolute atomic E-state index is 0.835. The third kappa shape index (κ3) is 3.30. The fraction of sp³-hybridized carbons (Fsp3) is 0.667. The fourth-order valence-corrected chi connectivity index (χ4v) is 2.07. The maximum Gasteiger partial charge on any atom is 0.134 e. The molecule has 0 radical (unpaired) electrons. The second-order valence-corrected chi connectivity index (χ2v) is 4.38. The molecule has 2 N–H and O–H groups in total. The molecule has 0 unspecified atom stereocenters. The number of likely N-dealkylation sites (N-methyl/N-ethyl adjacent to an activating group) is 1. The fourth-order valence-electron chi connectivity index (χ4n) is 2.07. The van der Waals surface area contributed by atoms with Crippen molar-refractivity contribution in [2.24, 2.45) is 0 Å². The Balaban J connectivity index is 2.05. The van der Waals surface area contributed by atoms with Crippen molar-refractivity contribution in [3.05, 3.63) is 11.9 Å². The summed E-state index contributed by atoms with van der Waals surface area (Å²) in [5.41, 5.74) is 0. The van der Waals surface area contributed by atoms with Crippen molar-refractivity contribution in [1.29, 1.82) is 0 Å². The van der Waals surface area contributed by atoms with Gasteiger partial charge in [-0.1, -0.05) is 0 Å². The van der Waals surface area contributed by atoms with Crippen molar-refractivity contribution in [3.63, 3.8) is 0 Å². The number of hydrogen-bond donors (Lipinski definition) is 2. The van der Waals surface area contributed by atoms with E-state index < -0.39 is 0 Å². The summed E-state index contributed by atoms with van der Waals surface area (Å²) in [4.78, 5) is 11.2. The van der Waals surface area contributed by atoms with Crippen LogP contribution in [0.4, 0.5) is 11.6 Å². The molecule has 1 aliphatic heterocycles. The first-order chi connectivity index (χ1) is 8.29. The van der Waals surface area contributed by atoms with Crippen molar-refractivity contribution in [3.8, 4) is 0 Å². The summed E-state index contributed by atoms with van der Waals surface area (Å²) in [5.74, 6) is 2.82. The Kier molecular flexibility index (Phi) is 4.14. The zero-order valence-electron chi connectivity index (χ0n) is 10.7. The van der Waals surface area contributed by atoms with E-state index in [2.05, 4.69) is 25.5 Å². The topological polar surface area (TPSA) is 53.1 Å². The van der Waals surface area contributed by atoms with Crippen LogP contribution in [0.25, 0.3) is 0 Å². The third-order valence-corrected chi connectivity index (χ3v) is 2.94. The van der Waals surface area contributed by atoms with E-state index in [4.69, 9.17) is 0 Å². The monoisotopic (exact) mass is 235 g/mol. The number of nitrogens with one attached hydrogen (secondary N) is 2. The molecule has 1 fully saturated rings. The molecule has 0 bridgehead atoms. The summed E-state index contributed by atoms with van der Waals surface area (Å²) in [6, 6.07) is 2.05. The Morgan fingerprint density at radius 1 is 1.24 bits per heavy atom. The highest BCUT2D eigenvalue weighted by Gasteiger charge is 2.14. The Labute approximate surface area is 103 Å². The second-order valence-electron chi connectivity index (χ2n) is 4.38. The van der Waals surface area contributed by atoms with Crippen LogP contribution in [-0.2, 0) is 0 Å². The van der Waals surface area contributed by atoms with Crippen molar-refractivity contribution in [1.82, 2.24) is 15.3 Å². The largest absolute Gasteiger partial charge is 0.369 e. The molecule has 0 saturated carbocycles. The maximum atomic E-state index is 4.50. The minimum Gasteiger partial charge on any atom is -0.369 e. The molecule has 2 heterocycles. The number of nitrogens with zero attached hydrogens (tertiary/aromatic N) is 3. The highest BCUT2D eigenvalue weighted by atomic mass is 15.2. The van der Waals surface area contributed by atoms with Crippen LogP contribution in [0, 0.1) is 6.92 Å². The van der Waals surface area contributed by atoms with Crippen molar-refractivity contribution in [2.45, 2.75) is 19.8 Å². The lowest BCUT2D eigenvalue weighted by molar-refractivity contribution is 0.818. The third-order valence-electron chi connectivity index (χ3n) is 2.94. The molecule has 5 nitrogen and oxygen atoms in total. The first kappa shape index (κ1) is 12.1. The van der Waals surface area contributed by atoms with Gasteiger partial charge in [0.05, 0.1) is 0 Å². The SMILES string of the molecule is CNCCNc1cc(N2CCCC2)nc(C)n1. The summed E-state index contributed by atoms with van der Waals surface area (Å²) >= 11 is 0. The quantitative estimate of drug-likeness (QED) is 0.746. The zero-order valence-corrected chi connectivity index (χ0v) is 10.7. The van der Waals surface area contributed by atoms with Gasteiger partial charge in [0.2, 0.25) is 0 Å². The minimum atomic E-state index is 0.835. The molecule has 5 heteroatoms. The zero-order chi connectivity index (χ0) is 12.1. The van der Waals surface area contributed by atoms with Gasteiger partial charge in [0.15, 0.2) is 0 Å². The van der Waals surface area contributed by atoms with Gasteiger partial charge in [-0.2, -0.15) is 0 Å². The van der Waals surface area contributed by atoms with Crippen LogP contribution >= 0.6 is 0 Å². The van der Waals surface area contributed by atoms with E-state index in [9.17, 15) is 0 Å². The molecule has 17 heavy (non-hydrogen) atoms. The van der Waals surface area contributed by atoms with E-state index in [0.29, 0.717) is 0 Å². The van der Waals surface area contributed by atoms with Crippen LogP contribution in [0.5, 0.6) is 0 Å². The first-order valence-corrected chi connectivity index (χ1v) is 6.28. The number of aromatic nitrogens is 2. The molecule has 1 saturated heterocycles. The van der Waals surface area contributed by atoms with E-state index in [1.165, 1.54) is 12.8 Å². The molecule has 1 aliphatic rings. The van der Waals surface area contributed by atoms with Crippen molar-refractivity contribution in [2.75, 3.05) is 43.4 Å². The van der Waals surface area contributed by atoms with Gasteiger partial charge in [-0.15, -0.1) is 0 Å². The number of hydrogen-bond acceptors (Lipinski definition) is 5. The second kappa shape index (κ2) is 5.82. The van der Waals surface area contributed by atoms with Crippen LogP contribution in [0.15, 0.2) is 6.07 Å². The molecular weight excluding hydrogens is 214 g/mol. The predicted molar refractivity (Wildman–Crippen MR) is 70.6 cm³/mol. The highest BCUT2D eigenvalue weighted by Crippen LogP contribution is 2.20. The molecule has 0 spiro atoms. The Morgan fingerprint density at radius 3 is 2.71 bits per heavy atom. The number of aryl methyl sites for hydroxylation is 1. The van der Waals surface area contributed by atoms with Crippen LogP contribution < -0.4 is 15.5 Å². The van der Waals surface area contributed by atoms with Crippen molar-refractivity contribution >= 4 is 11.6 Å². The van der Waals surface area contributed by atoms with Gasteiger partial charge in [-0.05, 0) is 26.8 Å². The van der Waals surface area contributed by atoms with Gasteiger partial charge in [-0.25, -0.2) is 9.97 Å². The van der Waals surface area contributed by atoms with Gasteiger partial charge in [0.25, 0.3) is 0 Å². The lowest BCUT2D eigenvalue weighted by Crippen LogP contribution is -2.21. The van der Waals surface area contributed by atoms with Gasteiger partial charge in [0, 0.05) is 32.2 Å². The number of anilines is 2. The average Bonchev–Trinajstić information content (AvgIpc) is 2.82. The molecule has 0 amide bonds. The molecule has 1 aromatic rings. The highest BCUT2D eigenvalue weighted by molar-refractivity contribution is 5.49. The predicted octanol–water partition coefficient (Wildman–Crippen LogP) is 1.02. The smallest absolute Gasteiger partial charge is 0.134 e. The van der Waals surface area contributed by atoms with Gasteiger partial charge in [0.1, 0.15) is 17.5 Å². The summed E-state index contributed by atoms with van der Waals surface area (Å²) in [5, 5.41) is 6.42. The van der Waals surface area contributed by atoms with E-state index >= 15 is 0 Å². The molecule has 0 aliphatic carbocycles. The Bertz CT molecular complexity index is 360. The van der Waals surface area contributed by atoms with E-state index in [-0.39, 0.29) is 0 Å². The summed E-state index contributed by atoms with van der Waals surface area (Å²) in [6.07, 6.45) is 2.54. The Hall–Kier alpha value is -1.36. The van der Waals surface area contributed by atoms with Crippen molar-refractivity contribution < 1.29 is 0 Å². The molecule has 2 rings (SSSR count). The van der Waals surface area contributed by atoms with Crippen LogP contribution in [0.1, 0.15) is 18.7 Å². The average molecular weight is 235 g/mol. The van der Waals surface area contributed by atoms with Gasteiger partial charge < -0.3 is 15.5 Å². The summed E-state index contributed by atoms with van der Waals surface area (Å²) in [6.45, 7) is 6.00. The molecule has 0 aromatic carbocycles. The molecule has 94 valence electrons. The van der Waals surface area contributed by atoms with Gasteiger partial charge in [-0.3, -0.25) is 0 Å². The Morgan fingerprint density at radius 2 is 2.00 bits per heavy atom. The maximum absolute atomic E-state index is 4.50. The van der Waals surface area contributed by atoms with E-state index in [1.54, 1.807) is 0 Å². The summed E-state index contributed by atoms with van der Waals surface area (Å²) < 4.78 is 0.